The van der Waals surface area contributed by atoms with Gasteiger partial charge in [0, 0.05) is 30.6 Å². The summed E-state index contributed by atoms with van der Waals surface area (Å²) in [5, 5.41) is 8.28. The second kappa shape index (κ2) is 12.7. The van der Waals surface area contributed by atoms with Gasteiger partial charge in [0.15, 0.2) is 0 Å². The molecule has 7 heteroatoms. The number of nitrogens with one attached hydrogen (secondary N) is 2. The average molecular weight is 463 g/mol. The molecule has 3 atom stereocenters. The predicted octanol–water partition coefficient (Wildman–Crippen LogP) is 3.28. The lowest BCUT2D eigenvalue weighted by molar-refractivity contribution is -0.139. The van der Waals surface area contributed by atoms with E-state index in [2.05, 4.69) is 44.9 Å². The maximum absolute atomic E-state index is 13.8. The van der Waals surface area contributed by atoms with Gasteiger partial charge in [0.1, 0.15) is 6.04 Å². The summed E-state index contributed by atoms with van der Waals surface area (Å²) in [6.45, 7) is 7.81. The van der Waals surface area contributed by atoms with Crippen molar-refractivity contribution in [2.75, 3.05) is 33.2 Å². The van der Waals surface area contributed by atoms with E-state index < -0.39 is 0 Å². The summed E-state index contributed by atoms with van der Waals surface area (Å²) >= 11 is 1.82. The minimum atomic E-state index is -0.389. The van der Waals surface area contributed by atoms with Crippen LogP contribution in [0.4, 0.5) is 0 Å². The van der Waals surface area contributed by atoms with Crippen LogP contribution in [0.2, 0.25) is 0 Å². The van der Waals surface area contributed by atoms with Crippen LogP contribution in [0.25, 0.3) is 0 Å². The molecule has 2 heterocycles. The minimum Gasteiger partial charge on any atom is -0.343 e. The van der Waals surface area contributed by atoms with Crippen LogP contribution < -0.4 is 10.6 Å². The SMILES string of the molecule is CCN(CCc1cccs1)CC1CCCN1C(=O)[C@@H](NC(=O)C(C)NC)C1CCCCC1. The highest BCUT2D eigenvalue weighted by molar-refractivity contribution is 7.09. The first-order valence-electron chi connectivity index (χ1n) is 12.6. The van der Waals surface area contributed by atoms with Gasteiger partial charge >= 0.3 is 0 Å². The fraction of sp³-hybridized carbons (Fsp3) is 0.760. The van der Waals surface area contributed by atoms with Crippen LogP contribution in [-0.4, -0.2) is 73.0 Å². The van der Waals surface area contributed by atoms with Crippen molar-refractivity contribution in [1.29, 1.82) is 0 Å². The van der Waals surface area contributed by atoms with Crippen LogP contribution in [0.1, 0.15) is 63.7 Å². The van der Waals surface area contributed by atoms with Crippen LogP contribution in [-0.2, 0) is 16.0 Å². The second-order valence-electron chi connectivity index (χ2n) is 9.44. The molecule has 180 valence electrons. The van der Waals surface area contributed by atoms with E-state index in [4.69, 9.17) is 0 Å². The van der Waals surface area contributed by atoms with E-state index in [0.717, 1.165) is 71.1 Å². The lowest BCUT2D eigenvalue weighted by Gasteiger charge is -2.36. The third-order valence-corrected chi connectivity index (χ3v) is 8.28. The molecular formula is C25H42N4O2S. The zero-order valence-corrected chi connectivity index (χ0v) is 21.0. The highest BCUT2D eigenvalue weighted by atomic mass is 32.1. The third kappa shape index (κ3) is 6.78. The summed E-state index contributed by atoms with van der Waals surface area (Å²) in [5.41, 5.74) is 0. The molecule has 2 amide bonds. The number of thiophene rings is 1. The molecule has 0 aromatic carbocycles. The second-order valence-corrected chi connectivity index (χ2v) is 10.5. The van der Waals surface area contributed by atoms with E-state index in [-0.39, 0.29) is 35.9 Å². The van der Waals surface area contributed by atoms with Crippen LogP contribution in [0, 0.1) is 5.92 Å². The average Bonchev–Trinajstić information content (AvgIpc) is 3.51. The topological polar surface area (TPSA) is 64.7 Å². The summed E-state index contributed by atoms with van der Waals surface area (Å²) in [5.74, 6) is 0.329. The van der Waals surface area contributed by atoms with Gasteiger partial charge in [-0.15, -0.1) is 11.3 Å². The van der Waals surface area contributed by atoms with Crippen LogP contribution >= 0.6 is 11.3 Å². The maximum Gasteiger partial charge on any atom is 0.245 e. The van der Waals surface area contributed by atoms with Crippen molar-refractivity contribution in [2.24, 2.45) is 5.92 Å². The number of rotatable bonds is 11. The first-order chi connectivity index (χ1) is 15.5. The van der Waals surface area contributed by atoms with Gasteiger partial charge < -0.3 is 20.4 Å². The van der Waals surface area contributed by atoms with Crippen molar-refractivity contribution in [1.82, 2.24) is 20.4 Å². The van der Waals surface area contributed by atoms with E-state index in [0.29, 0.717) is 0 Å². The Morgan fingerprint density at radius 1 is 1.22 bits per heavy atom. The highest BCUT2D eigenvalue weighted by Crippen LogP contribution is 2.29. The Morgan fingerprint density at radius 3 is 2.66 bits per heavy atom. The molecule has 32 heavy (non-hydrogen) atoms. The Bertz CT molecular complexity index is 705. The Labute approximate surface area is 198 Å². The standard InChI is InChI=1S/C25H42N4O2S/c1-4-28(16-14-22-13-9-17-32-22)18-21-12-8-15-29(21)25(31)23(20-10-6-5-7-11-20)27-24(30)19(2)26-3/h9,13,17,19-21,23,26H,4-8,10-12,14-16,18H2,1-3H3,(H,27,30)/t19?,21?,23-/m0/s1. The molecule has 1 aromatic rings. The number of nitrogens with zero attached hydrogens (tertiary/aromatic N) is 2. The van der Waals surface area contributed by atoms with Gasteiger partial charge in [-0.05, 0) is 70.0 Å². The number of likely N-dealkylation sites (tertiary alicyclic amines) is 1. The van der Waals surface area contributed by atoms with Gasteiger partial charge in [0.2, 0.25) is 11.8 Å². The molecule has 1 saturated heterocycles. The lowest BCUT2D eigenvalue weighted by Crippen LogP contribution is -2.57. The van der Waals surface area contributed by atoms with Crippen LogP contribution in [0.5, 0.6) is 0 Å². The molecule has 1 aliphatic heterocycles. The Kier molecular flexibility index (Phi) is 10.0. The molecule has 2 aliphatic rings. The van der Waals surface area contributed by atoms with Crippen molar-refractivity contribution in [2.45, 2.75) is 83.3 Å². The number of hydrogen-bond donors (Lipinski definition) is 2. The van der Waals surface area contributed by atoms with Crippen molar-refractivity contribution in [3.63, 3.8) is 0 Å². The molecule has 2 fully saturated rings. The molecule has 3 rings (SSSR count). The normalized spacial score (nSPS) is 21.6. The van der Waals surface area contributed by atoms with Gasteiger partial charge in [-0.3, -0.25) is 9.59 Å². The Balaban J connectivity index is 1.65. The van der Waals surface area contributed by atoms with E-state index in [1.54, 1.807) is 7.05 Å². The Morgan fingerprint density at radius 2 is 2.00 bits per heavy atom. The molecular weight excluding hydrogens is 420 g/mol. The molecule has 0 bridgehead atoms. The molecule has 0 spiro atoms. The first kappa shape index (κ1) is 25.2. The van der Waals surface area contributed by atoms with Crippen molar-refractivity contribution in [3.8, 4) is 0 Å². The molecule has 2 unspecified atom stereocenters. The monoisotopic (exact) mass is 462 g/mol. The number of amides is 2. The van der Waals surface area contributed by atoms with E-state index >= 15 is 0 Å². The fourth-order valence-electron chi connectivity index (χ4n) is 5.15. The lowest BCUT2D eigenvalue weighted by atomic mass is 9.83. The molecule has 1 saturated carbocycles. The minimum absolute atomic E-state index is 0.0710. The number of carbonyl (C=O) groups excluding carboxylic acids is 2. The quantitative estimate of drug-likeness (QED) is 0.530. The fourth-order valence-corrected chi connectivity index (χ4v) is 5.85. The Hall–Kier alpha value is -1.44. The van der Waals surface area contributed by atoms with E-state index in [1.807, 2.05) is 18.3 Å². The van der Waals surface area contributed by atoms with Gasteiger partial charge in [-0.1, -0.05) is 32.3 Å². The van der Waals surface area contributed by atoms with Gasteiger partial charge in [-0.25, -0.2) is 0 Å². The smallest absolute Gasteiger partial charge is 0.245 e. The van der Waals surface area contributed by atoms with Crippen LogP contribution in [0.3, 0.4) is 0 Å². The molecule has 6 nitrogen and oxygen atoms in total. The van der Waals surface area contributed by atoms with E-state index in [1.165, 1.54) is 11.3 Å². The van der Waals surface area contributed by atoms with Crippen LogP contribution in [0.15, 0.2) is 17.5 Å². The molecule has 2 N–H and O–H groups in total. The summed E-state index contributed by atoms with van der Waals surface area (Å²) in [6, 6.07) is 3.88. The van der Waals surface area contributed by atoms with Crippen molar-refractivity contribution < 1.29 is 9.59 Å². The molecule has 1 aromatic heterocycles. The zero-order chi connectivity index (χ0) is 22.9. The van der Waals surface area contributed by atoms with Gasteiger partial charge in [0.25, 0.3) is 0 Å². The summed E-state index contributed by atoms with van der Waals surface area (Å²) in [6.07, 6.45) is 8.78. The van der Waals surface area contributed by atoms with Crippen molar-refractivity contribution >= 4 is 23.2 Å². The number of hydrogen-bond acceptors (Lipinski definition) is 5. The first-order valence-corrected chi connectivity index (χ1v) is 13.4. The number of carbonyl (C=O) groups is 2. The van der Waals surface area contributed by atoms with Crippen molar-refractivity contribution in [3.05, 3.63) is 22.4 Å². The van der Waals surface area contributed by atoms with Gasteiger partial charge in [-0.2, -0.15) is 0 Å². The molecule has 1 aliphatic carbocycles. The predicted molar refractivity (Wildman–Crippen MR) is 132 cm³/mol. The largest absolute Gasteiger partial charge is 0.343 e. The summed E-state index contributed by atoms with van der Waals surface area (Å²) < 4.78 is 0. The number of likely N-dealkylation sites (N-methyl/N-ethyl adjacent to an activating group) is 2. The highest BCUT2D eigenvalue weighted by Gasteiger charge is 2.38. The third-order valence-electron chi connectivity index (χ3n) is 7.34. The maximum atomic E-state index is 13.8. The summed E-state index contributed by atoms with van der Waals surface area (Å²) in [7, 11) is 1.79. The summed E-state index contributed by atoms with van der Waals surface area (Å²) in [4.78, 5) is 32.5. The zero-order valence-electron chi connectivity index (χ0n) is 20.1. The van der Waals surface area contributed by atoms with E-state index in [9.17, 15) is 9.59 Å². The van der Waals surface area contributed by atoms with Gasteiger partial charge in [0.05, 0.1) is 6.04 Å². The molecule has 0 radical (unpaired) electrons.